The van der Waals surface area contributed by atoms with E-state index in [2.05, 4.69) is 0 Å². The summed E-state index contributed by atoms with van der Waals surface area (Å²) in [5, 5.41) is 9.30. The Morgan fingerprint density at radius 3 is 2.89 bits per heavy atom. The van der Waals surface area contributed by atoms with E-state index in [0.717, 1.165) is 12.8 Å². The topological polar surface area (TPSA) is 70.1 Å². The molecule has 19 heavy (non-hydrogen) atoms. The Hall–Kier alpha value is -1.14. The molecule has 3 aliphatic rings. The van der Waals surface area contributed by atoms with Crippen molar-refractivity contribution in [1.82, 2.24) is 9.80 Å². The molecular formula is C13H20N2O4. The summed E-state index contributed by atoms with van der Waals surface area (Å²) < 4.78 is 5.28. The second kappa shape index (κ2) is 5.09. The van der Waals surface area contributed by atoms with Crippen LogP contribution in [-0.4, -0.2) is 71.7 Å². The van der Waals surface area contributed by atoms with Crippen molar-refractivity contribution in [2.75, 3.05) is 32.9 Å². The smallest absolute Gasteiger partial charge is 0.228 e. The zero-order chi connectivity index (χ0) is 13.4. The molecule has 3 rings (SSSR count). The first-order valence-electron chi connectivity index (χ1n) is 6.99. The van der Waals surface area contributed by atoms with Crippen molar-refractivity contribution >= 4 is 11.8 Å². The van der Waals surface area contributed by atoms with Crippen LogP contribution >= 0.6 is 0 Å². The number of hydrogen-bond acceptors (Lipinski definition) is 4. The van der Waals surface area contributed by atoms with Crippen molar-refractivity contribution in [3.63, 3.8) is 0 Å². The van der Waals surface area contributed by atoms with Crippen molar-refractivity contribution in [3.05, 3.63) is 0 Å². The molecule has 106 valence electrons. The highest BCUT2D eigenvalue weighted by molar-refractivity contribution is 5.89. The summed E-state index contributed by atoms with van der Waals surface area (Å²) in [5.41, 5.74) is 0. The van der Waals surface area contributed by atoms with Crippen molar-refractivity contribution in [3.8, 4) is 0 Å². The molecule has 3 fully saturated rings. The molecule has 0 aromatic carbocycles. The molecule has 2 saturated heterocycles. The Labute approximate surface area is 112 Å². The lowest BCUT2D eigenvalue weighted by Gasteiger charge is -2.36. The lowest BCUT2D eigenvalue weighted by atomic mass is 10.1. The van der Waals surface area contributed by atoms with Gasteiger partial charge in [-0.05, 0) is 12.8 Å². The maximum Gasteiger partial charge on any atom is 0.228 e. The second-order valence-corrected chi connectivity index (χ2v) is 5.62. The molecule has 0 spiro atoms. The Balaban J connectivity index is 1.64. The highest BCUT2D eigenvalue weighted by atomic mass is 16.5. The Kier molecular flexibility index (Phi) is 3.45. The minimum Gasteiger partial charge on any atom is -0.394 e. The summed E-state index contributed by atoms with van der Waals surface area (Å²) in [5.74, 6) is -0.131. The zero-order valence-corrected chi connectivity index (χ0v) is 11.0. The molecule has 2 aliphatic heterocycles. The lowest BCUT2D eigenvalue weighted by Crippen LogP contribution is -2.52. The molecule has 2 atom stereocenters. The Morgan fingerprint density at radius 2 is 2.21 bits per heavy atom. The predicted octanol–water partition coefficient (Wildman–Crippen LogP) is -0.783. The molecule has 1 N–H and O–H groups in total. The molecule has 2 heterocycles. The molecule has 0 aromatic heterocycles. The highest BCUT2D eigenvalue weighted by Crippen LogP contribution is 2.33. The van der Waals surface area contributed by atoms with E-state index in [-0.39, 0.29) is 30.4 Å². The van der Waals surface area contributed by atoms with Gasteiger partial charge in [-0.3, -0.25) is 9.59 Å². The number of carbonyl (C=O) groups excluding carboxylic acids is 2. The number of morpholine rings is 1. The first kappa shape index (κ1) is 12.9. The van der Waals surface area contributed by atoms with Gasteiger partial charge in [0.1, 0.15) is 0 Å². The van der Waals surface area contributed by atoms with Gasteiger partial charge in [0.25, 0.3) is 0 Å². The zero-order valence-electron chi connectivity index (χ0n) is 11.0. The largest absolute Gasteiger partial charge is 0.394 e. The van der Waals surface area contributed by atoms with E-state index in [1.807, 2.05) is 4.90 Å². The van der Waals surface area contributed by atoms with E-state index >= 15 is 0 Å². The number of rotatable bonds is 3. The number of aliphatic hydroxyl groups excluding tert-OH is 1. The van der Waals surface area contributed by atoms with Crippen LogP contribution in [0.1, 0.15) is 19.3 Å². The minimum absolute atomic E-state index is 0.00106. The maximum absolute atomic E-state index is 12.5. The van der Waals surface area contributed by atoms with E-state index in [9.17, 15) is 14.7 Å². The summed E-state index contributed by atoms with van der Waals surface area (Å²) >= 11 is 0. The fourth-order valence-electron chi connectivity index (χ4n) is 2.97. The van der Waals surface area contributed by atoms with Gasteiger partial charge in [0.15, 0.2) is 0 Å². The SMILES string of the molecule is O=C1CC(C(=O)N2CCOCC2CO)CN1C1CC1. The minimum atomic E-state index is -0.258. The van der Waals surface area contributed by atoms with Gasteiger partial charge in [-0.1, -0.05) is 0 Å². The molecule has 0 bridgehead atoms. The summed E-state index contributed by atoms with van der Waals surface area (Å²) in [6.07, 6.45) is 2.47. The molecule has 1 aliphatic carbocycles. The molecule has 6 nitrogen and oxygen atoms in total. The van der Waals surface area contributed by atoms with E-state index in [0.29, 0.717) is 38.8 Å². The second-order valence-electron chi connectivity index (χ2n) is 5.62. The number of aliphatic hydroxyl groups is 1. The normalized spacial score (nSPS) is 31.9. The summed E-state index contributed by atoms with van der Waals surface area (Å²) in [6.45, 7) is 1.87. The van der Waals surface area contributed by atoms with E-state index in [1.54, 1.807) is 4.90 Å². The number of nitrogens with zero attached hydrogens (tertiary/aromatic N) is 2. The van der Waals surface area contributed by atoms with Crippen LogP contribution in [-0.2, 0) is 14.3 Å². The van der Waals surface area contributed by atoms with E-state index in [4.69, 9.17) is 4.74 Å². The number of likely N-dealkylation sites (tertiary alicyclic amines) is 1. The third-order valence-electron chi connectivity index (χ3n) is 4.22. The number of amides is 2. The van der Waals surface area contributed by atoms with Gasteiger partial charge in [0, 0.05) is 25.6 Å². The van der Waals surface area contributed by atoms with Crippen molar-refractivity contribution < 1.29 is 19.4 Å². The number of carbonyl (C=O) groups is 2. The third kappa shape index (κ3) is 2.47. The molecule has 2 amide bonds. The molecular weight excluding hydrogens is 248 g/mol. The van der Waals surface area contributed by atoms with Crippen molar-refractivity contribution in [2.24, 2.45) is 5.92 Å². The van der Waals surface area contributed by atoms with Crippen LogP contribution in [0, 0.1) is 5.92 Å². The van der Waals surface area contributed by atoms with E-state index in [1.165, 1.54) is 0 Å². The summed E-state index contributed by atoms with van der Waals surface area (Å²) in [4.78, 5) is 27.9. The van der Waals surface area contributed by atoms with Crippen LogP contribution < -0.4 is 0 Å². The van der Waals surface area contributed by atoms with Gasteiger partial charge in [-0.25, -0.2) is 0 Å². The summed E-state index contributed by atoms with van der Waals surface area (Å²) in [7, 11) is 0. The first-order valence-corrected chi connectivity index (χ1v) is 6.99. The third-order valence-corrected chi connectivity index (χ3v) is 4.22. The number of ether oxygens (including phenoxy) is 1. The fourth-order valence-corrected chi connectivity index (χ4v) is 2.97. The average molecular weight is 268 g/mol. The molecule has 0 radical (unpaired) electrons. The van der Waals surface area contributed by atoms with Crippen LogP contribution in [0.5, 0.6) is 0 Å². The monoisotopic (exact) mass is 268 g/mol. The highest BCUT2D eigenvalue weighted by Gasteiger charge is 2.43. The van der Waals surface area contributed by atoms with Crippen LogP contribution in [0.25, 0.3) is 0 Å². The van der Waals surface area contributed by atoms with Crippen LogP contribution in [0.4, 0.5) is 0 Å². The molecule has 6 heteroatoms. The van der Waals surface area contributed by atoms with Gasteiger partial charge in [0.2, 0.25) is 11.8 Å². The van der Waals surface area contributed by atoms with E-state index < -0.39 is 0 Å². The van der Waals surface area contributed by atoms with Crippen molar-refractivity contribution in [1.29, 1.82) is 0 Å². The average Bonchev–Trinajstić information content (AvgIpc) is 3.21. The molecule has 2 unspecified atom stereocenters. The van der Waals surface area contributed by atoms with Gasteiger partial charge < -0.3 is 19.6 Å². The predicted molar refractivity (Wildman–Crippen MR) is 66.2 cm³/mol. The number of hydrogen-bond donors (Lipinski definition) is 1. The quantitative estimate of drug-likeness (QED) is 0.729. The molecule has 0 aromatic rings. The first-order chi connectivity index (χ1) is 9.20. The lowest BCUT2D eigenvalue weighted by molar-refractivity contribution is -0.145. The van der Waals surface area contributed by atoms with Crippen LogP contribution in [0.3, 0.4) is 0 Å². The Bertz CT molecular complexity index is 383. The van der Waals surface area contributed by atoms with Gasteiger partial charge >= 0.3 is 0 Å². The van der Waals surface area contributed by atoms with Gasteiger partial charge in [-0.2, -0.15) is 0 Å². The summed E-state index contributed by atoms with van der Waals surface area (Å²) in [6, 6.07) is 0.120. The van der Waals surface area contributed by atoms with Crippen LogP contribution in [0.15, 0.2) is 0 Å². The maximum atomic E-state index is 12.5. The van der Waals surface area contributed by atoms with Crippen molar-refractivity contribution in [2.45, 2.75) is 31.3 Å². The van der Waals surface area contributed by atoms with Crippen LogP contribution in [0.2, 0.25) is 0 Å². The fraction of sp³-hybridized carbons (Fsp3) is 0.846. The Morgan fingerprint density at radius 1 is 1.42 bits per heavy atom. The van der Waals surface area contributed by atoms with Gasteiger partial charge in [-0.15, -0.1) is 0 Å². The molecule has 1 saturated carbocycles. The van der Waals surface area contributed by atoms with Gasteiger partial charge in [0.05, 0.1) is 31.8 Å². The standard InChI is InChI=1S/C13H20N2O4/c16-7-11-8-19-4-3-14(11)13(18)9-5-12(17)15(6-9)10-1-2-10/h9-11,16H,1-8H2.